The Hall–Kier alpha value is -2.86. The second-order valence-electron chi connectivity index (χ2n) is 8.06. The molecule has 1 aliphatic heterocycles. The van der Waals surface area contributed by atoms with Crippen molar-refractivity contribution in [2.75, 3.05) is 26.3 Å². The summed E-state index contributed by atoms with van der Waals surface area (Å²) in [6.45, 7) is 6.29. The number of fused-ring (bicyclic) bond motifs is 1. The lowest BCUT2D eigenvalue weighted by Crippen LogP contribution is -2.40. The molecule has 0 spiro atoms. The van der Waals surface area contributed by atoms with Gasteiger partial charge in [0.05, 0.1) is 34.0 Å². The van der Waals surface area contributed by atoms with Crippen LogP contribution >= 0.6 is 11.3 Å². The molecule has 0 radical (unpaired) electrons. The maximum Gasteiger partial charge on any atom is 0.267 e. The van der Waals surface area contributed by atoms with E-state index < -0.39 is 10.0 Å². The normalized spacial score (nSPS) is 15.2. The van der Waals surface area contributed by atoms with E-state index in [1.165, 1.54) is 19.9 Å². The number of nitrogens with zero attached hydrogens (tertiary/aromatic N) is 5. The summed E-state index contributed by atoms with van der Waals surface area (Å²) in [5, 5.41) is 4.56. The summed E-state index contributed by atoms with van der Waals surface area (Å²) in [4.78, 5) is 19.6. The molecule has 1 aromatic carbocycles. The van der Waals surface area contributed by atoms with Crippen LogP contribution in [-0.4, -0.2) is 58.4 Å². The summed E-state index contributed by atoms with van der Waals surface area (Å²) in [5.74, 6) is 0.646. The van der Waals surface area contributed by atoms with Crippen LogP contribution in [0.3, 0.4) is 0 Å². The van der Waals surface area contributed by atoms with Crippen LogP contribution < -0.4 is 5.56 Å². The molecule has 0 aliphatic carbocycles. The Labute approximate surface area is 201 Å². The third-order valence-corrected chi connectivity index (χ3v) is 8.79. The fourth-order valence-corrected chi connectivity index (χ4v) is 6.39. The Kier molecular flexibility index (Phi) is 6.11. The monoisotopic (exact) mass is 499 g/mol. The van der Waals surface area contributed by atoms with Gasteiger partial charge in [-0.1, -0.05) is 0 Å². The Balaban J connectivity index is 1.51. The van der Waals surface area contributed by atoms with Gasteiger partial charge in [0.15, 0.2) is 0 Å². The molecule has 0 saturated carbocycles. The lowest BCUT2D eigenvalue weighted by atomic mass is 10.3. The van der Waals surface area contributed by atoms with Crippen molar-refractivity contribution >= 4 is 32.4 Å². The zero-order valence-electron chi connectivity index (χ0n) is 19.0. The first-order valence-corrected chi connectivity index (χ1v) is 13.3. The smallest absolute Gasteiger partial charge is 0.267 e. The molecule has 4 heterocycles. The van der Waals surface area contributed by atoms with Gasteiger partial charge in [-0.3, -0.25) is 4.79 Å². The fraction of sp³-hybridized carbons (Fsp3) is 0.348. The van der Waals surface area contributed by atoms with Crippen molar-refractivity contribution in [3.8, 4) is 10.6 Å². The van der Waals surface area contributed by atoms with Crippen LogP contribution in [0.1, 0.15) is 17.6 Å². The molecule has 0 amide bonds. The Morgan fingerprint density at radius 2 is 1.88 bits per heavy atom. The predicted octanol–water partition coefficient (Wildman–Crippen LogP) is 2.72. The second-order valence-corrected chi connectivity index (χ2v) is 11.3. The molecule has 5 rings (SSSR count). The molecule has 0 N–H and O–H groups in total. The van der Waals surface area contributed by atoms with E-state index in [2.05, 4.69) is 5.10 Å². The molecule has 0 atom stereocenters. The molecule has 1 saturated heterocycles. The molecule has 34 heavy (non-hydrogen) atoms. The molecule has 0 unspecified atom stereocenters. The van der Waals surface area contributed by atoms with E-state index in [9.17, 15) is 13.2 Å². The van der Waals surface area contributed by atoms with E-state index in [0.29, 0.717) is 44.2 Å². The van der Waals surface area contributed by atoms with Gasteiger partial charge in [0.2, 0.25) is 10.0 Å². The maximum absolute atomic E-state index is 13.1. The Morgan fingerprint density at radius 3 is 2.59 bits per heavy atom. The first kappa shape index (κ1) is 22.9. The minimum atomic E-state index is -3.63. The molecule has 178 valence electrons. The quantitative estimate of drug-likeness (QED) is 0.405. The largest absolute Gasteiger partial charge is 0.379 e. The van der Waals surface area contributed by atoms with E-state index >= 15 is 0 Å². The molecule has 0 bridgehead atoms. The first-order valence-electron chi connectivity index (χ1n) is 11.1. The number of imidazole rings is 1. The fourth-order valence-electron chi connectivity index (χ4n) is 4.13. The summed E-state index contributed by atoms with van der Waals surface area (Å²) in [6, 6.07) is 12.3. The summed E-state index contributed by atoms with van der Waals surface area (Å²) < 4.78 is 36.3. The molecule has 9 nitrogen and oxygen atoms in total. The van der Waals surface area contributed by atoms with Gasteiger partial charge in [-0.05, 0) is 50.2 Å². The highest BCUT2D eigenvalue weighted by Gasteiger charge is 2.27. The van der Waals surface area contributed by atoms with Crippen molar-refractivity contribution in [2.24, 2.45) is 0 Å². The van der Waals surface area contributed by atoms with Gasteiger partial charge in [-0.25, -0.2) is 18.1 Å². The van der Waals surface area contributed by atoms with Crippen molar-refractivity contribution in [3.63, 3.8) is 0 Å². The first-order chi connectivity index (χ1) is 16.4. The number of morpholine rings is 1. The van der Waals surface area contributed by atoms with Crippen LogP contribution in [0.25, 0.3) is 21.6 Å². The average molecular weight is 500 g/mol. The van der Waals surface area contributed by atoms with Crippen LogP contribution in [0.5, 0.6) is 0 Å². The predicted molar refractivity (Wildman–Crippen MR) is 131 cm³/mol. The van der Waals surface area contributed by atoms with Crippen molar-refractivity contribution in [2.45, 2.75) is 31.8 Å². The summed E-state index contributed by atoms with van der Waals surface area (Å²) in [6.07, 6.45) is 0. The van der Waals surface area contributed by atoms with Gasteiger partial charge < -0.3 is 9.30 Å². The van der Waals surface area contributed by atoms with Gasteiger partial charge >= 0.3 is 0 Å². The third-order valence-electron chi connectivity index (χ3n) is 5.87. The Bertz CT molecular complexity index is 1510. The van der Waals surface area contributed by atoms with E-state index in [4.69, 9.17) is 9.72 Å². The summed E-state index contributed by atoms with van der Waals surface area (Å²) >= 11 is 1.62. The number of aryl methyl sites for hydroxylation is 2. The molecule has 4 aromatic rings. The van der Waals surface area contributed by atoms with Crippen LogP contribution in [0.15, 0.2) is 52.2 Å². The van der Waals surface area contributed by atoms with E-state index in [-0.39, 0.29) is 17.0 Å². The SMILES string of the molecule is CCn1c(Cn2nc(-c3ccc(C)s3)ccc2=O)nc2cc(S(=O)(=O)N3CCOCC3)ccc21. The number of sulfonamides is 1. The highest BCUT2D eigenvalue weighted by atomic mass is 32.2. The van der Waals surface area contributed by atoms with Gasteiger partial charge in [0, 0.05) is 30.6 Å². The van der Waals surface area contributed by atoms with E-state index in [1.807, 2.05) is 30.5 Å². The minimum Gasteiger partial charge on any atom is -0.379 e. The van der Waals surface area contributed by atoms with Crippen LogP contribution in [0.2, 0.25) is 0 Å². The number of benzene rings is 1. The number of hydrogen-bond donors (Lipinski definition) is 0. The van der Waals surface area contributed by atoms with Gasteiger partial charge in [0.25, 0.3) is 5.56 Å². The molecule has 1 aliphatic rings. The topological polar surface area (TPSA) is 99.3 Å². The molecular formula is C23H25N5O4S2. The average Bonchev–Trinajstić information content (AvgIpc) is 3.43. The van der Waals surface area contributed by atoms with Crippen molar-refractivity contribution < 1.29 is 13.2 Å². The molecule has 3 aromatic heterocycles. The Morgan fingerprint density at radius 1 is 1.09 bits per heavy atom. The maximum atomic E-state index is 13.1. The lowest BCUT2D eigenvalue weighted by Gasteiger charge is -2.26. The van der Waals surface area contributed by atoms with Crippen molar-refractivity contribution in [3.05, 3.63) is 63.5 Å². The number of hydrogen-bond acceptors (Lipinski definition) is 7. The number of thiophene rings is 1. The standard InChI is InChI=1S/C23H25N5O4S2/c1-3-27-20-7-5-17(34(30,31)26-10-12-32-13-11-26)14-19(20)24-22(27)15-28-23(29)9-6-18(25-28)21-8-4-16(2)33-21/h4-9,14H,3,10-13,15H2,1-2H3. The van der Waals surface area contributed by atoms with Crippen LogP contribution in [0.4, 0.5) is 0 Å². The minimum absolute atomic E-state index is 0.186. The molecule has 1 fully saturated rings. The van der Waals surface area contributed by atoms with E-state index in [0.717, 1.165) is 16.1 Å². The second kappa shape index (κ2) is 9.06. The highest BCUT2D eigenvalue weighted by Crippen LogP contribution is 2.26. The molecule has 11 heteroatoms. The number of ether oxygens (including phenoxy) is 1. The van der Waals surface area contributed by atoms with Gasteiger partial charge in [0.1, 0.15) is 18.1 Å². The summed E-state index contributed by atoms with van der Waals surface area (Å²) in [5.41, 5.74) is 1.90. The van der Waals surface area contributed by atoms with Gasteiger partial charge in [-0.2, -0.15) is 9.40 Å². The number of rotatable bonds is 6. The lowest BCUT2D eigenvalue weighted by molar-refractivity contribution is 0.0730. The van der Waals surface area contributed by atoms with Crippen LogP contribution in [0, 0.1) is 6.92 Å². The van der Waals surface area contributed by atoms with Crippen LogP contribution in [-0.2, 0) is 27.8 Å². The molecular weight excluding hydrogens is 474 g/mol. The van der Waals surface area contributed by atoms with E-state index in [1.54, 1.807) is 35.6 Å². The third kappa shape index (κ3) is 4.20. The number of aromatic nitrogens is 4. The van der Waals surface area contributed by atoms with Gasteiger partial charge in [-0.15, -0.1) is 11.3 Å². The summed E-state index contributed by atoms with van der Waals surface area (Å²) in [7, 11) is -3.63. The van der Waals surface area contributed by atoms with Crippen molar-refractivity contribution in [1.82, 2.24) is 23.6 Å². The zero-order chi connectivity index (χ0) is 23.9. The zero-order valence-corrected chi connectivity index (χ0v) is 20.6. The highest BCUT2D eigenvalue weighted by molar-refractivity contribution is 7.89. The van der Waals surface area contributed by atoms with Crippen molar-refractivity contribution in [1.29, 1.82) is 0 Å².